The topological polar surface area (TPSA) is 3.24 Å². The van der Waals surface area contributed by atoms with Crippen LogP contribution in [0.4, 0.5) is 0 Å². The largest absolute Gasteiger partial charge is 0.298 e. The summed E-state index contributed by atoms with van der Waals surface area (Å²) in [5.41, 5.74) is 7.64. The summed E-state index contributed by atoms with van der Waals surface area (Å²) in [5, 5.41) is 0. The van der Waals surface area contributed by atoms with E-state index in [2.05, 4.69) is 67.0 Å². The molecule has 1 nitrogen and oxygen atoms in total. The lowest BCUT2D eigenvalue weighted by Gasteiger charge is -2.12. The molecule has 0 saturated carbocycles. The summed E-state index contributed by atoms with van der Waals surface area (Å²) >= 11 is 2.05. The molecule has 1 atom stereocenters. The third-order valence-corrected chi connectivity index (χ3v) is 6.53. The van der Waals surface area contributed by atoms with Gasteiger partial charge < -0.3 is 0 Å². The second kappa shape index (κ2) is 6.33. The minimum absolute atomic E-state index is 0.733. The second-order valence-corrected chi connectivity index (χ2v) is 8.11. The SMILES string of the molecule is CCc1ccc2c(c1)SCC2CCc1ccc2c(c1)CN(C)C2. The number of hydrogen-bond acceptors (Lipinski definition) is 2. The zero-order valence-corrected chi connectivity index (χ0v) is 15.0. The fourth-order valence-corrected chi connectivity index (χ4v) is 5.26. The van der Waals surface area contributed by atoms with E-state index in [4.69, 9.17) is 0 Å². The average molecular weight is 324 g/mol. The number of hydrogen-bond donors (Lipinski definition) is 0. The van der Waals surface area contributed by atoms with Crippen LogP contribution in [0.15, 0.2) is 41.3 Å². The molecule has 0 fully saturated rings. The zero-order chi connectivity index (χ0) is 15.8. The molecule has 2 heteroatoms. The van der Waals surface area contributed by atoms with Crippen molar-refractivity contribution in [1.29, 1.82) is 0 Å². The van der Waals surface area contributed by atoms with E-state index in [1.54, 1.807) is 11.1 Å². The maximum Gasteiger partial charge on any atom is 0.0237 e. The van der Waals surface area contributed by atoms with Crippen molar-refractivity contribution >= 4 is 11.8 Å². The Hall–Kier alpha value is -1.25. The molecular formula is C21H25NS. The highest BCUT2D eigenvalue weighted by Crippen LogP contribution is 2.42. The number of nitrogens with zero attached hydrogens (tertiary/aromatic N) is 1. The lowest BCUT2D eigenvalue weighted by molar-refractivity contribution is 0.353. The Kier molecular flexibility index (Phi) is 4.21. The Morgan fingerprint density at radius 3 is 2.74 bits per heavy atom. The highest BCUT2D eigenvalue weighted by molar-refractivity contribution is 7.99. The van der Waals surface area contributed by atoms with Crippen molar-refractivity contribution in [2.75, 3.05) is 12.8 Å². The first-order valence-corrected chi connectivity index (χ1v) is 9.76. The summed E-state index contributed by atoms with van der Waals surface area (Å²) in [4.78, 5) is 3.92. The summed E-state index contributed by atoms with van der Waals surface area (Å²) < 4.78 is 0. The number of rotatable bonds is 4. The van der Waals surface area contributed by atoms with Crippen LogP contribution < -0.4 is 0 Å². The smallest absolute Gasteiger partial charge is 0.0237 e. The maximum atomic E-state index is 2.45. The van der Waals surface area contributed by atoms with Crippen LogP contribution in [0.25, 0.3) is 0 Å². The lowest BCUT2D eigenvalue weighted by atomic mass is 9.92. The molecule has 2 aromatic rings. The van der Waals surface area contributed by atoms with Gasteiger partial charge in [-0.25, -0.2) is 0 Å². The van der Waals surface area contributed by atoms with E-state index in [1.165, 1.54) is 40.2 Å². The first kappa shape index (κ1) is 15.3. The van der Waals surface area contributed by atoms with Crippen LogP contribution in [0.5, 0.6) is 0 Å². The van der Waals surface area contributed by atoms with E-state index >= 15 is 0 Å². The third kappa shape index (κ3) is 3.07. The first-order valence-electron chi connectivity index (χ1n) is 8.78. The van der Waals surface area contributed by atoms with Crippen LogP contribution in [0.2, 0.25) is 0 Å². The molecule has 2 aromatic carbocycles. The third-order valence-electron chi connectivity index (χ3n) is 5.30. The van der Waals surface area contributed by atoms with Gasteiger partial charge in [0.05, 0.1) is 0 Å². The molecule has 1 unspecified atom stereocenters. The molecule has 0 spiro atoms. The molecule has 2 aliphatic heterocycles. The van der Waals surface area contributed by atoms with Gasteiger partial charge in [-0.15, -0.1) is 11.8 Å². The van der Waals surface area contributed by atoms with Gasteiger partial charge in [-0.1, -0.05) is 37.3 Å². The van der Waals surface area contributed by atoms with Crippen molar-refractivity contribution in [2.24, 2.45) is 0 Å². The molecule has 0 aromatic heterocycles. The van der Waals surface area contributed by atoms with Crippen LogP contribution in [-0.2, 0) is 25.9 Å². The lowest BCUT2D eigenvalue weighted by Crippen LogP contribution is -2.07. The van der Waals surface area contributed by atoms with Gasteiger partial charge in [0.1, 0.15) is 0 Å². The van der Waals surface area contributed by atoms with Crippen LogP contribution in [0, 0.1) is 0 Å². The van der Waals surface area contributed by atoms with Gasteiger partial charge in [0.2, 0.25) is 0 Å². The Labute approximate surface area is 144 Å². The molecular weight excluding hydrogens is 298 g/mol. The van der Waals surface area contributed by atoms with Gasteiger partial charge in [-0.2, -0.15) is 0 Å². The molecule has 2 heterocycles. The van der Waals surface area contributed by atoms with Gasteiger partial charge >= 0.3 is 0 Å². The molecule has 0 bridgehead atoms. The molecule has 2 aliphatic rings. The summed E-state index contributed by atoms with van der Waals surface area (Å²) in [6, 6.07) is 14.3. The number of aryl methyl sites for hydroxylation is 2. The molecule has 0 amide bonds. The molecule has 0 radical (unpaired) electrons. The van der Waals surface area contributed by atoms with E-state index < -0.39 is 0 Å². The van der Waals surface area contributed by atoms with Crippen LogP contribution in [0.1, 0.15) is 47.1 Å². The summed E-state index contributed by atoms with van der Waals surface area (Å²) in [6.45, 7) is 4.47. The summed E-state index contributed by atoms with van der Waals surface area (Å²) in [6.07, 6.45) is 3.62. The Bertz CT molecular complexity index is 722. The molecule has 23 heavy (non-hydrogen) atoms. The maximum absolute atomic E-state index is 2.45. The quantitative estimate of drug-likeness (QED) is 0.777. The standard InChI is InChI=1S/C21H25NS/c1-3-15-6-9-20-18(14-23-21(20)11-15)8-5-16-4-7-17-12-22(2)13-19(17)10-16/h4,6-7,9-11,18H,3,5,8,12-14H2,1-2H3. The van der Waals surface area contributed by atoms with Crippen LogP contribution >= 0.6 is 11.8 Å². The van der Waals surface area contributed by atoms with Crippen LogP contribution in [-0.4, -0.2) is 17.7 Å². The molecule has 4 rings (SSSR count). The normalized spacial score (nSPS) is 19.8. The van der Waals surface area contributed by atoms with Crippen LogP contribution in [0.3, 0.4) is 0 Å². The van der Waals surface area contributed by atoms with Gasteiger partial charge in [-0.05, 0) is 66.1 Å². The second-order valence-electron chi connectivity index (χ2n) is 7.05. The van der Waals surface area contributed by atoms with Crippen molar-refractivity contribution in [3.63, 3.8) is 0 Å². The minimum atomic E-state index is 0.733. The first-order chi connectivity index (χ1) is 11.2. The van der Waals surface area contributed by atoms with Crippen molar-refractivity contribution in [3.05, 3.63) is 64.2 Å². The van der Waals surface area contributed by atoms with E-state index in [0.717, 1.165) is 25.4 Å². The Morgan fingerprint density at radius 2 is 1.87 bits per heavy atom. The highest BCUT2D eigenvalue weighted by Gasteiger charge is 2.23. The van der Waals surface area contributed by atoms with E-state index in [9.17, 15) is 0 Å². The average Bonchev–Trinajstić information content (AvgIpc) is 3.13. The van der Waals surface area contributed by atoms with Crippen molar-refractivity contribution in [3.8, 4) is 0 Å². The number of fused-ring (bicyclic) bond motifs is 2. The monoisotopic (exact) mass is 323 g/mol. The zero-order valence-electron chi connectivity index (χ0n) is 14.1. The van der Waals surface area contributed by atoms with Gasteiger partial charge in [0, 0.05) is 23.7 Å². The summed E-state index contributed by atoms with van der Waals surface area (Å²) in [5.74, 6) is 1.99. The van der Waals surface area contributed by atoms with E-state index in [1.807, 2.05) is 0 Å². The van der Waals surface area contributed by atoms with Crippen molar-refractivity contribution in [2.45, 2.75) is 50.1 Å². The van der Waals surface area contributed by atoms with Crippen molar-refractivity contribution < 1.29 is 0 Å². The predicted octanol–water partition coefficient (Wildman–Crippen LogP) is 5.02. The molecule has 120 valence electrons. The van der Waals surface area contributed by atoms with Crippen molar-refractivity contribution in [1.82, 2.24) is 4.90 Å². The van der Waals surface area contributed by atoms with Gasteiger partial charge in [0.25, 0.3) is 0 Å². The number of benzene rings is 2. The van der Waals surface area contributed by atoms with E-state index in [0.29, 0.717) is 0 Å². The number of thioether (sulfide) groups is 1. The molecule has 0 saturated heterocycles. The predicted molar refractivity (Wildman–Crippen MR) is 99.2 cm³/mol. The van der Waals surface area contributed by atoms with Gasteiger partial charge in [-0.3, -0.25) is 4.90 Å². The Morgan fingerprint density at radius 1 is 1.04 bits per heavy atom. The molecule has 0 aliphatic carbocycles. The van der Waals surface area contributed by atoms with Gasteiger partial charge in [0.15, 0.2) is 0 Å². The minimum Gasteiger partial charge on any atom is -0.298 e. The summed E-state index contributed by atoms with van der Waals surface area (Å²) in [7, 11) is 2.21. The molecule has 0 N–H and O–H groups in total. The highest BCUT2D eigenvalue weighted by atomic mass is 32.2. The fraction of sp³-hybridized carbons (Fsp3) is 0.429. The fourth-order valence-electron chi connectivity index (χ4n) is 3.89. The Balaban J connectivity index is 1.44. The van der Waals surface area contributed by atoms with E-state index in [-0.39, 0.29) is 0 Å².